The number of nitrogens with zero attached hydrogens (tertiary/aromatic N) is 3. The molecular formula is C14H22N4O3. The molecule has 2 atom stereocenters. The molecule has 2 unspecified atom stereocenters. The predicted octanol–water partition coefficient (Wildman–Crippen LogP) is 1.23. The molecule has 0 bridgehead atoms. The Hall–Kier alpha value is -2.05. The van der Waals surface area contributed by atoms with E-state index in [1.165, 1.54) is 10.9 Å². The number of aromatic nitrogens is 2. The van der Waals surface area contributed by atoms with Gasteiger partial charge in [0.15, 0.2) is 6.04 Å². The van der Waals surface area contributed by atoms with Gasteiger partial charge in [-0.2, -0.15) is 5.10 Å². The lowest BCUT2D eigenvalue weighted by atomic mass is 9.95. The molecule has 1 aliphatic heterocycles. The van der Waals surface area contributed by atoms with Gasteiger partial charge in [0.2, 0.25) is 0 Å². The van der Waals surface area contributed by atoms with Crippen molar-refractivity contribution in [2.45, 2.75) is 26.3 Å². The Morgan fingerprint density at radius 2 is 2.19 bits per heavy atom. The first-order chi connectivity index (χ1) is 9.88. The molecule has 0 aliphatic carbocycles. The fourth-order valence-corrected chi connectivity index (χ4v) is 2.61. The Balaban J connectivity index is 2.01. The zero-order valence-electron chi connectivity index (χ0n) is 12.6. The Labute approximate surface area is 123 Å². The van der Waals surface area contributed by atoms with Crippen LogP contribution in [0.15, 0.2) is 12.4 Å². The number of carboxylic acids is 1. The summed E-state index contributed by atoms with van der Waals surface area (Å²) in [4.78, 5) is 25.3. The molecule has 2 rings (SSSR count). The van der Waals surface area contributed by atoms with Gasteiger partial charge in [-0.15, -0.1) is 0 Å². The van der Waals surface area contributed by atoms with Crippen molar-refractivity contribution >= 4 is 12.0 Å². The summed E-state index contributed by atoms with van der Waals surface area (Å²) in [5, 5.41) is 15.8. The summed E-state index contributed by atoms with van der Waals surface area (Å²) in [6, 6.07) is -1.39. The number of carboxylic acid groups (broad SMARTS) is 1. The summed E-state index contributed by atoms with van der Waals surface area (Å²) in [6.07, 6.45) is 4.02. The van der Waals surface area contributed by atoms with Crippen molar-refractivity contribution in [3.63, 3.8) is 0 Å². The van der Waals surface area contributed by atoms with Crippen molar-refractivity contribution in [3.8, 4) is 0 Å². The molecule has 2 amide bonds. The predicted molar refractivity (Wildman–Crippen MR) is 76.6 cm³/mol. The van der Waals surface area contributed by atoms with Gasteiger partial charge >= 0.3 is 12.0 Å². The van der Waals surface area contributed by atoms with E-state index in [0.717, 1.165) is 6.42 Å². The smallest absolute Gasteiger partial charge is 0.331 e. The molecule has 2 heterocycles. The van der Waals surface area contributed by atoms with Gasteiger partial charge in [-0.05, 0) is 18.3 Å². The number of likely N-dealkylation sites (tertiary alicyclic amines) is 1. The number of hydrogen-bond acceptors (Lipinski definition) is 3. The molecule has 7 heteroatoms. The van der Waals surface area contributed by atoms with Gasteiger partial charge in [0.05, 0.1) is 6.20 Å². The monoisotopic (exact) mass is 294 g/mol. The largest absolute Gasteiger partial charge is 0.479 e. The van der Waals surface area contributed by atoms with Crippen molar-refractivity contribution in [2.75, 3.05) is 13.1 Å². The van der Waals surface area contributed by atoms with Crippen LogP contribution in [-0.2, 0) is 11.8 Å². The second-order valence-electron chi connectivity index (χ2n) is 5.91. The Bertz CT molecular complexity index is 526. The van der Waals surface area contributed by atoms with Crippen LogP contribution >= 0.6 is 0 Å². The van der Waals surface area contributed by atoms with Crippen LogP contribution in [0.25, 0.3) is 0 Å². The van der Waals surface area contributed by atoms with Gasteiger partial charge in [-0.1, -0.05) is 13.8 Å². The quantitative estimate of drug-likeness (QED) is 0.874. The molecule has 7 nitrogen and oxygen atoms in total. The summed E-state index contributed by atoms with van der Waals surface area (Å²) < 4.78 is 1.52. The number of nitrogens with one attached hydrogen (secondary N) is 1. The molecule has 116 valence electrons. The first-order valence-corrected chi connectivity index (χ1v) is 7.15. The van der Waals surface area contributed by atoms with Crippen LogP contribution in [0.2, 0.25) is 0 Å². The van der Waals surface area contributed by atoms with E-state index in [-0.39, 0.29) is 6.03 Å². The van der Waals surface area contributed by atoms with E-state index >= 15 is 0 Å². The van der Waals surface area contributed by atoms with Gasteiger partial charge in [-0.3, -0.25) is 4.68 Å². The number of carbonyl (C=O) groups is 2. The average Bonchev–Trinajstić information content (AvgIpc) is 3.04. The number of aryl methyl sites for hydroxylation is 1. The Kier molecular flexibility index (Phi) is 4.50. The van der Waals surface area contributed by atoms with E-state index < -0.39 is 12.0 Å². The molecule has 21 heavy (non-hydrogen) atoms. The number of amides is 2. The first-order valence-electron chi connectivity index (χ1n) is 7.15. The van der Waals surface area contributed by atoms with E-state index in [1.807, 2.05) is 0 Å². The lowest BCUT2D eigenvalue weighted by molar-refractivity contribution is -0.139. The molecular weight excluding hydrogens is 272 g/mol. The molecule has 1 aromatic rings. The average molecular weight is 294 g/mol. The highest BCUT2D eigenvalue weighted by Crippen LogP contribution is 2.24. The van der Waals surface area contributed by atoms with Crippen molar-refractivity contribution < 1.29 is 14.7 Å². The maximum Gasteiger partial charge on any atom is 0.331 e. The third kappa shape index (κ3) is 3.53. The summed E-state index contributed by atoms with van der Waals surface area (Å²) in [7, 11) is 1.71. The maximum absolute atomic E-state index is 12.2. The number of aliphatic carboxylic acids is 1. The van der Waals surface area contributed by atoms with E-state index in [1.54, 1.807) is 18.1 Å². The second kappa shape index (κ2) is 6.15. The fraction of sp³-hybridized carbons (Fsp3) is 0.643. The molecule has 1 fully saturated rings. The number of rotatable bonds is 4. The minimum Gasteiger partial charge on any atom is -0.479 e. The fourth-order valence-electron chi connectivity index (χ4n) is 2.61. The molecule has 0 aromatic carbocycles. The van der Waals surface area contributed by atoms with E-state index in [9.17, 15) is 14.7 Å². The standard InChI is InChI=1S/C14H22N4O3/c1-9(2)10-4-5-18(8-10)14(21)16-12(13(19)20)11-6-15-17(3)7-11/h6-7,9-10,12H,4-5,8H2,1-3H3,(H,16,21)(H,19,20). The Morgan fingerprint density at radius 3 is 2.67 bits per heavy atom. The molecule has 1 aliphatic rings. The van der Waals surface area contributed by atoms with Crippen LogP contribution in [0.1, 0.15) is 31.9 Å². The van der Waals surface area contributed by atoms with E-state index in [2.05, 4.69) is 24.3 Å². The van der Waals surface area contributed by atoms with E-state index in [4.69, 9.17) is 0 Å². The zero-order chi connectivity index (χ0) is 15.6. The highest BCUT2D eigenvalue weighted by molar-refractivity contribution is 5.83. The molecule has 1 saturated heterocycles. The van der Waals surface area contributed by atoms with Crippen LogP contribution < -0.4 is 5.32 Å². The first kappa shape index (κ1) is 15.3. The number of carbonyl (C=O) groups excluding carboxylic acids is 1. The zero-order valence-corrected chi connectivity index (χ0v) is 12.6. The van der Waals surface area contributed by atoms with Crippen LogP contribution in [0.5, 0.6) is 0 Å². The topological polar surface area (TPSA) is 87.5 Å². The molecule has 0 saturated carbocycles. The summed E-state index contributed by atoms with van der Waals surface area (Å²) >= 11 is 0. The third-order valence-electron chi connectivity index (χ3n) is 4.03. The third-order valence-corrected chi connectivity index (χ3v) is 4.03. The second-order valence-corrected chi connectivity index (χ2v) is 5.91. The summed E-state index contributed by atoms with van der Waals surface area (Å²) in [5.74, 6) is -0.0789. The van der Waals surface area contributed by atoms with Gasteiger partial charge in [0.25, 0.3) is 0 Å². The van der Waals surface area contributed by atoms with Crippen molar-refractivity contribution in [3.05, 3.63) is 18.0 Å². The normalized spacial score (nSPS) is 19.8. The lowest BCUT2D eigenvalue weighted by Crippen LogP contribution is -2.42. The minimum atomic E-state index is -1.09. The van der Waals surface area contributed by atoms with Gasteiger partial charge in [0, 0.05) is 31.9 Å². The van der Waals surface area contributed by atoms with Gasteiger partial charge in [0.1, 0.15) is 0 Å². The van der Waals surface area contributed by atoms with Gasteiger partial charge in [-0.25, -0.2) is 9.59 Å². The highest BCUT2D eigenvalue weighted by Gasteiger charge is 2.31. The molecule has 0 radical (unpaired) electrons. The molecule has 0 spiro atoms. The minimum absolute atomic E-state index is 0.325. The number of urea groups is 1. The van der Waals surface area contributed by atoms with Crippen LogP contribution in [0.3, 0.4) is 0 Å². The highest BCUT2D eigenvalue weighted by atomic mass is 16.4. The van der Waals surface area contributed by atoms with Crippen LogP contribution in [-0.4, -0.2) is 44.9 Å². The van der Waals surface area contributed by atoms with Crippen LogP contribution in [0.4, 0.5) is 4.79 Å². The van der Waals surface area contributed by atoms with Crippen molar-refractivity contribution in [2.24, 2.45) is 18.9 Å². The van der Waals surface area contributed by atoms with Crippen LogP contribution in [0, 0.1) is 11.8 Å². The van der Waals surface area contributed by atoms with Crippen molar-refractivity contribution in [1.82, 2.24) is 20.0 Å². The van der Waals surface area contributed by atoms with E-state index in [0.29, 0.717) is 30.5 Å². The Morgan fingerprint density at radius 1 is 1.48 bits per heavy atom. The summed E-state index contributed by atoms with van der Waals surface area (Å²) in [5.41, 5.74) is 0.470. The SMILES string of the molecule is CC(C)C1CCN(C(=O)NC(C(=O)O)c2cnn(C)c2)C1. The molecule has 2 N–H and O–H groups in total. The summed E-state index contributed by atoms with van der Waals surface area (Å²) in [6.45, 7) is 5.64. The molecule has 1 aromatic heterocycles. The lowest BCUT2D eigenvalue weighted by Gasteiger charge is -2.21. The van der Waals surface area contributed by atoms with Gasteiger partial charge < -0.3 is 15.3 Å². The maximum atomic E-state index is 12.2. The number of hydrogen-bond donors (Lipinski definition) is 2. The van der Waals surface area contributed by atoms with Crippen molar-refractivity contribution in [1.29, 1.82) is 0 Å².